The minimum Gasteiger partial charge on any atom is -0.478 e. The lowest BCUT2D eigenvalue weighted by molar-refractivity contribution is -0.134. The fourth-order valence-electron chi connectivity index (χ4n) is 1.08. The summed E-state index contributed by atoms with van der Waals surface area (Å²) >= 11 is 0. The van der Waals surface area contributed by atoms with E-state index in [0.717, 1.165) is 11.4 Å². The summed E-state index contributed by atoms with van der Waals surface area (Å²) < 4.78 is 5.24. The molecule has 6 nitrogen and oxygen atoms in total. The molecule has 0 spiro atoms. The van der Waals surface area contributed by atoms with E-state index in [-0.39, 0.29) is 0 Å². The van der Waals surface area contributed by atoms with Crippen LogP contribution in [0.2, 0.25) is 0 Å². The Balaban J connectivity index is 0.000000203. The molecule has 0 saturated carbocycles. The van der Waals surface area contributed by atoms with E-state index in [4.69, 9.17) is 14.9 Å². The number of nitrogens with zero attached hydrogens (tertiary/aromatic N) is 1. The second-order valence-corrected chi connectivity index (χ2v) is 3.20. The number of carboxylic acids is 2. The van der Waals surface area contributed by atoms with Gasteiger partial charge in [-0.3, -0.25) is 4.99 Å². The maximum atomic E-state index is 9.55. The Labute approximate surface area is 109 Å². The van der Waals surface area contributed by atoms with Gasteiger partial charge >= 0.3 is 11.9 Å². The quantitative estimate of drug-likeness (QED) is 0.794. The molecule has 0 amide bonds. The molecule has 1 aromatic carbocycles. The van der Waals surface area contributed by atoms with Gasteiger partial charge in [0.15, 0.2) is 5.75 Å². The molecule has 6 heteroatoms. The number of carboxylic acid groups (broad SMARTS) is 2. The largest absolute Gasteiger partial charge is 0.478 e. The van der Waals surface area contributed by atoms with Crippen molar-refractivity contribution >= 4 is 23.8 Å². The van der Waals surface area contributed by atoms with Crippen molar-refractivity contribution < 1.29 is 24.5 Å². The normalized spacial score (nSPS) is 11.8. The molecule has 0 bridgehead atoms. The lowest BCUT2D eigenvalue weighted by atomic mass is 10.3. The predicted octanol–water partition coefficient (Wildman–Crippen LogP) is 2.01. The molecule has 0 aliphatic carbocycles. The van der Waals surface area contributed by atoms with Crippen molar-refractivity contribution in [2.75, 3.05) is 0 Å². The van der Waals surface area contributed by atoms with E-state index in [1.807, 2.05) is 24.3 Å². The molecule has 1 aromatic rings. The van der Waals surface area contributed by atoms with Crippen LogP contribution in [-0.2, 0) is 9.59 Å². The van der Waals surface area contributed by atoms with Crippen molar-refractivity contribution in [1.82, 2.24) is 0 Å². The van der Waals surface area contributed by atoms with Gasteiger partial charge in [-0.2, -0.15) is 0 Å². The Morgan fingerprint density at radius 3 is 2.37 bits per heavy atom. The summed E-state index contributed by atoms with van der Waals surface area (Å²) in [4.78, 5) is 23.3. The van der Waals surface area contributed by atoms with Crippen molar-refractivity contribution in [3.8, 4) is 5.75 Å². The number of hydrogen-bond acceptors (Lipinski definition) is 4. The standard InChI is InChI=1S/C9H7NO.C4H4O4/c1-2-5-9-8(4-1)10-6-3-7-11-9;5-3(6)1-2-4(7)8/h1-7H;1-2H,(H,5,6)(H,7,8)/b;2-1+. The smallest absolute Gasteiger partial charge is 0.328 e. The predicted molar refractivity (Wildman–Crippen MR) is 68.8 cm³/mol. The third-order valence-electron chi connectivity index (χ3n) is 1.81. The van der Waals surface area contributed by atoms with Gasteiger partial charge in [0.2, 0.25) is 0 Å². The minimum atomic E-state index is -1.26. The Morgan fingerprint density at radius 2 is 1.74 bits per heavy atom. The summed E-state index contributed by atoms with van der Waals surface area (Å²) in [5.74, 6) is -1.71. The van der Waals surface area contributed by atoms with Gasteiger partial charge in [0.05, 0.1) is 6.26 Å². The molecule has 19 heavy (non-hydrogen) atoms. The number of para-hydroxylation sites is 2. The van der Waals surface area contributed by atoms with Gasteiger partial charge in [-0.25, -0.2) is 9.59 Å². The first-order chi connectivity index (χ1) is 9.09. The first-order valence-corrected chi connectivity index (χ1v) is 5.18. The molecule has 2 N–H and O–H groups in total. The van der Waals surface area contributed by atoms with Crippen LogP contribution in [0.4, 0.5) is 5.69 Å². The molecular formula is C13H11NO5. The topological polar surface area (TPSA) is 96.2 Å². The highest BCUT2D eigenvalue weighted by Crippen LogP contribution is 2.27. The number of benzene rings is 1. The molecule has 0 fully saturated rings. The van der Waals surface area contributed by atoms with E-state index >= 15 is 0 Å². The molecule has 2 rings (SSSR count). The van der Waals surface area contributed by atoms with Crippen LogP contribution in [0.25, 0.3) is 0 Å². The fraction of sp³-hybridized carbons (Fsp3) is 0. The molecule has 0 unspecified atom stereocenters. The van der Waals surface area contributed by atoms with Crippen LogP contribution in [0.15, 0.2) is 53.7 Å². The molecule has 0 radical (unpaired) electrons. The van der Waals surface area contributed by atoms with Crippen molar-refractivity contribution in [3.63, 3.8) is 0 Å². The first-order valence-electron chi connectivity index (χ1n) is 5.18. The molecular weight excluding hydrogens is 250 g/mol. The second kappa shape index (κ2) is 7.44. The number of aliphatic imine (C=N–C) groups is 1. The summed E-state index contributed by atoms with van der Waals surface area (Å²) in [5.41, 5.74) is 0.873. The Hall–Kier alpha value is -2.89. The number of fused-ring (bicyclic) bond motifs is 1. The van der Waals surface area contributed by atoms with Gasteiger partial charge in [-0.15, -0.1) is 0 Å². The highest BCUT2D eigenvalue weighted by atomic mass is 16.5. The summed E-state index contributed by atoms with van der Waals surface area (Å²) in [6.07, 6.45) is 6.21. The van der Waals surface area contributed by atoms with Gasteiger partial charge in [0, 0.05) is 18.4 Å². The third kappa shape index (κ3) is 5.83. The molecule has 0 atom stereocenters. The van der Waals surface area contributed by atoms with Crippen LogP contribution < -0.4 is 4.74 Å². The van der Waals surface area contributed by atoms with E-state index in [0.29, 0.717) is 12.2 Å². The SMILES string of the molecule is C1=COc2ccccc2N=C1.O=C(O)/C=C/C(=O)O. The highest BCUT2D eigenvalue weighted by molar-refractivity contribution is 5.89. The third-order valence-corrected chi connectivity index (χ3v) is 1.81. The molecule has 0 aromatic heterocycles. The van der Waals surface area contributed by atoms with Crippen LogP contribution in [0.3, 0.4) is 0 Å². The maximum absolute atomic E-state index is 9.55. The number of ether oxygens (including phenoxy) is 1. The molecule has 0 saturated heterocycles. The summed E-state index contributed by atoms with van der Waals surface area (Å²) in [6, 6.07) is 7.67. The Morgan fingerprint density at radius 1 is 1.11 bits per heavy atom. The van der Waals surface area contributed by atoms with E-state index in [1.165, 1.54) is 0 Å². The second-order valence-electron chi connectivity index (χ2n) is 3.20. The molecule has 1 aliphatic heterocycles. The van der Waals surface area contributed by atoms with Crippen molar-refractivity contribution in [3.05, 3.63) is 48.8 Å². The average molecular weight is 261 g/mol. The minimum absolute atomic E-state index is 0.558. The molecule has 1 aliphatic rings. The van der Waals surface area contributed by atoms with Crippen molar-refractivity contribution in [1.29, 1.82) is 0 Å². The van der Waals surface area contributed by atoms with Crippen LogP contribution >= 0.6 is 0 Å². The van der Waals surface area contributed by atoms with Crippen molar-refractivity contribution in [2.45, 2.75) is 0 Å². The van der Waals surface area contributed by atoms with Crippen molar-refractivity contribution in [2.24, 2.45) is 4.99 Å². The van der Waals surface area contributed by atoms with Crippen LogP contribution in [0, 0.1) is 0 Å². The maximum Gasteiger partial charge on any atom is 0.328 e. The van der Waals surface area contributed by atoms with E-state index in [1.54, 1.807) is 18.6 Å². The lowest BCUT2D eigenvalue weighted by Gasteiger charge is -1.99. The van der Waals surface area contributed by atoms with Crippen LogP contribution in [0.5, 0.6) is 5.75 Å². The zero-order chi connectivity index (χ0) is 14.1. The summed E-state index contributed by atoms with van der Waals surface area (Å²) in [5, 5.41) is 15.6. The highest BCUT2D eigenvalue weighted by Gasteiger charge is 1.99. The average Bonchev–Trinajstić information content (AvgIpc) is 2.62. The number of aliphatic carboxylic acids is 2. The lowest BCUT2D eigenvalue weighted by Crippen LogP contribution is -1.91. The van der Waals surface area contributed by atoms with E-state index in [2.05, 4.69) is 4.99 Å². The van der Waals surface area contributed by atoms with E-state index in [9.17, 15) is 9.59 Å². The fourth-order valence-corrected chi connectivity index (χ4v) is 1.08. The number of carbonyl (C=O) groups is 2. The van der Waals surface area contributed by atoms with Gasteiger partial charge in [0.1, 0.15) is 5.69 Å². The Kier molecular flexibility index (Phi) is 5.55. The zero-order valence-electron chi connectivity index (χ0n) is 9.76. The number of hydrogen-bond donors (Lipinski definition) is 2. The molecule has 1 heterocycles. The van der Waals surface area contributed by atoms with Gasteiger partial charge in [-0.05, 0) is 18.2 Å². The Bertz CT molecular complexity index is 530. The van der Waals surface area contributed by atoms with Gasteiger partial charge in [-0.1, -0.05) is 12.1 Å². The number of rotatable bonds is 2. The van der Waals surface area contributed by atoms with E-state index < -0.39 is 11.9 Å². The summed E-state index contributed by atoms with van der Waals surface area (Å²) in [7, 11) is 0. The van der Waals surface area contributed by atoms with Crippen LogP contribution in [-0.4, -0.2) is 28.4 Å². The molecule has 98 valence electrons. The number of allylic oxidation sites excluding steroid dienone is 1. The first kappa shape index (κ1) is 14.2. The van der Waals surface area contributed by atoms with Gasteiger partial charge < -0.3 is 14.9 Å². The van der Waals surface area contributed by atoms with Gasteiger partial charge in [0.25, 0.3) is 0 Å². The zero-order valence-corrected chi connectivity index (χ0v) is 9.76. The summed E-state index contributed by atoms with van der Waals surface area (Å²) in [6.45, 7) is 0. The monoisotopic (exact) mass is 261 g/mol. The van der Waals surface area contributed by atoms with Crippen LogP contribution in [0.1, 0.15) is 0 Å².